The molecule has 0 fully saturated rings. The van der Waals surface area contributed by atoms with E-state index in [9.17, 15) is 0 Å². The molecule has 0 bridgehead atoms. The van der Waals surface area contributed by atoms with E-state index in [2.05, 4.69) is 51.6 Å². The number of nitrogens with one attached hydrogen (secondary N) is 1. The molecule has 13 heavy (non-hydrogen) atoms. The van der Waals surface area contributed by atoms with Crippen LogP contribution in [0.5, 0.6) is 0 Å². The number of nitrogens with zero attached hydrogens (tertiary/aromatic N) is 1. The third kappa shape index (κ3) is 1.45. The summed E-state index contributed by atoms with van der Waals surface area (Å²) in [5.41, 5.74) is 3.63. The van der Waals surface area contributed by atoms with E-state index >= 15 is 0 Å². The molecule has 1 heterocycles. The maximum atomic E-state index is 4.48. The van der Waals surface area contributed by atoms with Crippen LogP contribution in [0.4, 0.5) is 0 Å². The zero-order valence-electron chi connectivity index (χ0n) is 7.69. The Morgan fingerprint density at radius 1 is 1.46 bits per heavy atom. The molecule has 2 rings (SSSR count). The van der Waals surface area contributed by atoms with Gasteiger partial charge in [0, 0.05) is 3.57 Å². The lowest BCUT2D eigenvalue weighted by Gasteiger charge is -2.00. The lowest BCUT2D eigenvalue weighted by Crippen LogP contribution is -1.87. The van der Waals surface area contributed by atoms with E-state index in [-0.39, 0.29) is 0 Å². The van der Waals surface area contributed by atoms with Gasteiger partial charge in [0.1, 0.15) is 5.82 Å². The van der Waals surface area contributed by atoms with E-state index in [1.165, 1.54) is 9.13 Å². The van der Waals surface area contributed by atoms with Crippen LogP contribution >= 0.6 is 22.6 Å². The monoisotopic (exact) mass is 286 g/mol. The van der Waals surface area contributed by atoms with Crippen molar-refractivity contribution < 1.29 is 0 Å². The predicted octanol–water partition coefficient (Wildman–Crippen LogP) is 3.04. The fraction of sp³-hybridized carbons (Fsp3) is 0.300. The third-order valence-electron chi connectivity index (χ3n) is 2.17. The minimum Gasteiger partial charge on any atom is -0.342 e. The van der Waals surface area contributed by atoms with Crippen molar-refractivity contribution in [3.05, 3.63) is 27.1 Å². The summed E-state index contributed by atoms with van der Waals surface area (Å²) in [5, 5.41) is 0. The standard InChI is InChI=1S/C10H11IN2/c1-3-7-8(11)4-5-9-10(7)13-6(2)12-9/h4-5H,3H2,1-2H3,(H,12,13). The van der Waals surface area contributed by atoms with Crippen molar-refractivity contribution in [1.29, 1.82) is 0 Å². The number of rotatable bonds is 1. The maximum absolute atomic E-state index is 4.48. The second-order valence-corrected chi connectivity index (χ2v) is 4.26. The zero-order valence-corrected chi connectivity index (χ0v) is 9.84. The molecule has 1 aromatic carbocycles. The van der Waals surface area contributed by atoms with Crippen LogP contribution < -0.4 is 0 Å². The summed E-state index contributed by atoms with van der Waals surface area (Å²) in [4.78, 5) is 7.73. The second-order valence-electron chi connectivity index (χ2n) is 3.10. The van der Waals surface area contributed by atoms with Crippen LogP contribution in [-0.2, 0) is 6.42 Å². The van der Waals surface area contributed by atoms with E-state index in [0.717, 1.165) is 23.3 Å². The molecular formula is C10H11IN2. The molecule has 0 aliphatic heterocycles. The van der Waals surface area contributed by atoms with Gasteiger partial charge in [0.2, 0.25) is 0 Å². The van der Waals surface area contributed by atoms with Crippen molar-refractivity contribution in [1.82, 2.24) is 9.97 Å². The SMILES string of the molecule is CCc1c(I)ccc2[nH]c(C)nc12. The molecule has 0 radical (unpaired) electrons. The first-order valence-electron chi connectivity index (χ1n) is 4.36. The summed E-state index contributed by atoms with van der Waals surface area (Å²) >= 11 is 2.36. The van der Waals surface area contributed by atoms with Gasteiger partial charge in [-0.15, -0.1) is 0 Å². The van der Waals surface area contributed by atoms with Crippen LogP contribution in [0, 0.1) is 10.5 Å². The van der Waals surface area contributed by atoms with E-state index < -0.39 is 0 Å². The molecule has 0 amide bonds. The number of hydrogen-bond acceptors (Lipinski definition) is 1. The summed E-state index contributed by atoms with van der Waals surface area (Å²) in [6.07, 6.45) is 1.04. The van der Waals surface area contributed by atoms with Gasteiger partial charge < -0.3 is 4.98 Å². The Morgan fingerprint density at radius 2 is 2.23 bits per heavy atom. The Balaban J connectivity index is 2.82. The molecule has 3 heteroatoms. The molecule has 0 atom stereocenters. The summed E-state index contributed by atoms with van der Waals surface area (Å²) < 4.78 is 1.30. The highest BCUT2D eigenvalue weighted by molar-refractivity contribution is 14.1. The number of imidazole rings is 1. The minimum atomic E-state index is 0.992. The summed E-state index contributed by atoms with van der Waals surface area (Å²) in [5.74, 6) is 0.992. The van der Waals surface area contributed by atoms with E-state index in [1.807, 2.05) is 6.92 Å². The van der Waals surface area contributed by atoms with Crippen molar-refractivity contribution >= 4 is 33.6 Å². The fourth-order valence-corrected chi connectivity index (χ4v) is 2.38. The molecular weight excluding hydrogens is 275 g/mol. The van der Waals surface area contributed by atoms with Crippen molar-refractivity contribution in [3.63, 3.8) is 0 Å². The molecule has 1 N–H and O–H groups in total. The molecule has 0 aliphatic rings. The molecule has 0 saturated carbocycles. The van der Waals surface area contributed by atoms with Gasteiger partial charge >= 0.3 is 0 Å². The molecule has 0 saturated heterocycles. The average molecular weight is 286 g/mol. The number of aromatic amines is 1. The highest BCUT2D eigenvalue weighted by atomic mass is 127. The topological polar surface area (TPSA) is 28.7 Å². The molecule has 1 aromatic heterocycles. The van der Waals surface area contributed by atoms with Gasteiger partial charge in [-0.1, -0.05) is 6.92 Å². The summed E-state index contributed by atoms with van der Waals surface area (Å²) in [6.45, 7) is 4.16. The van der Waals surface area contributed by atoms with Gasteiger partial charge in [-0.25, -0.2) is 4.98 Å². The molecule has 0 aliphatic carbocycles. The Hall–Kier alpha value is -0.580. The highest BCUT2D eigenvalue weighted by Crippen LogP contribution is 2.22. The van der Waals surface area contributed by atoms with Gasteiger partial charge in [-0.05, 0) is 53.6 Å². The van der Waals surface area contributed by atoms with Gasteiger partial charge in [0.15, 0.2) is 0 Å². The largest absolute Gasteiger partial charge is 0.342 e. The van der Waals surface area contributed by atoms with Crippen molar-refractivity contribution in [2.45, 2.75) is 20.3 Å². The number of hydrogen-bond donors (Lipinski definition) is 1. The van der Waals surface area contributed by atoms with Gasteiger partial charge in [0.05, 0.1) is 11.0 Å². The number of halogens is 1. The first-order chi connectivity index (χ1) is 6.22. The van der Waals surface area contributed by atoms with E-state index in [4.69, 9.17) is 0 Å². The highest BCUT2D eigenvalue weighted by Gasteiger charge is 2.06. The Bertz CT molecular complexity index is 445. The maximum Gasteiger partial charge on any atom is 0.104 e. The van der Waals surface area contributed by atoms with Crippen LogP contribution in [0.1, 0.15) is 18.3 Å². The van der Waals surface area contributed by atoms with Gasteiger partial charge in [0.25, 0.3) is 0 Å². The minimum absolute atomic E-state index is 0.992. The molecule has 2 aromatic rings. The number of aryl methyl sites for hydroxylation is 2. The summed E-state index contributed by atoms with van der Waals surface area (Å²) in [7, 11) is 0. The van der Waals surface area contributed by atoms with Crippen molar-refractivity contribution in [3.8, 4) is 0 Å². The molecule has 68 valence electrons. The third-order valence-corrected chi connectivity index (χ3v) is 3.18. The van der Waals surface area contributed by atoms with Crippen LogP contribution in [0.15, 0.2) is 12.1 Å². The van der Waals surface area contributed by atoms with Gasteiger partial charge in [-0.2, -0.15) is 0 Å². The smallest absolute Gasteiger partial charge is 0.104 e. The lowest BCUT2D eigenvalue weighted by atomic mass is 10.1. The van der Waals surface area contributed by atoms with E-state index in [1.54, 1.807) is 0 Å². The first kappa shape index (κ1) is 8.99. The summed E-state index contributed by atoms with van der Waals surface area (Å²) in [6, 6.07) is 4.23. The van der Waals surface area contributed by atoms with E-state index in [0.29, 0.717) is 0 Å². The Labute approximate surface area is 90.9 Å². The predicted molar refractivity (Wildman–Crippen MR) is 62.9 cm³/mol. The number of fused-ring (bicyclic) bond motifs is 1. The Kier molecular flexibility index (Phi) is 2.27. The zero-order chi connectivity index (χ0) is 9.42. The molecule has 2 nitrogen and oxygen atoms in total. The van der Waals surface area contributed by atoms with Crippen LogP contribution in [0.2, 0.25) is 0 Å². The van der Waals surface area contributed by atoms with Crippen LogP contribution in [-0.4, -0.2) is 9.97 Å². The number of benzene rings is 1. The number of aromatic nitrogens is 2. The molecule has 0 unspecified atom stereocenters. The first-order valence-corrected chi connectivity index (χ1v) is 5.44. The normalized spacial score (nSPS) is 11.0. The second kappa shape index (κ2) is 3.29. The van der Waals surface area contributed by atoms with Gasteiger partial charge in [-0.3, -0.25) is 0 Å². The van der Waals surface area contributed by atoms with Crippen molar-refractivity contribution in [2.75, 3.05) is 0 Å². The fourth-order valence-electron chi connectivity index (χ4n) is 1.57. The van der Waals surface area contributed by atoms with Crippen LogP contribution in [0.25, 0.3) is 11.0 Å². The Morgan fingerprint density at radius 3 is 2.92 bits per heavy atom. The average Bonchev–Trinajstić information content (AvgIpc) is 2.45. The molecule has 0 spiro atoms. The number of H-pyrrole nitrogens is 1. The quantitative estimate of drug-likeness (QED) is 0.802. The lowest BCUT2D eigenvalue weighted by molar-refractivity contribution is 1.12. The van der Waals surface area contributed by atoms with Crippen LogP contribution in [0.3, 0.4) is 0 Å². The van der Waals surface area contributed by atoms with Crippen molar-refractivity contribution in [2.24, 2.45) is 0 Å².